The van der Waals surface area contributed by atoms with Gasteiger partial charge in [0.1, 0.15) is 6.61 Å². The molecule has 1 aromatic rings. The van der Waals surface area contributed by atoms with Gasteiger partial charge in [0.15, 0.2) is 0 Å². The average Bonchev–Trinajstić information content (AvgIpc) is 2.82. The van der Waals surface area contributed by atoms with Gasteiger partial charge in [-0.15, -0.1) is 0 Å². The van der Waals surface area contributed by atoms with E-state index in [0.29, 0.717) is 31.0 Å². The van der Waals surface area contributed by atoms with Crippen LogP contribution in [-0.4, -0.2) is 31.8 Å². The van der Waals surface area contributed by atoms with Gasteiger partial charge in [0.25, 0.3) is 5.91 Å². The van der Waals surface area contributed by atoms with Crippen molar-refractivity contribution in [3.8, 4) is 0 Å². The molecule has 0 atom stereocenters. The van der Waals surface area contributed by atoms with E-state index in [0.717, 1.165) is 0 Å². The zero-order valence-electron chi connectivity index (χ0n) is 10.0. The summed E-state index contributed by atoms with van der Waals surface area (Å²) in [5.74, 6) is -0.341. The summed E-state index contributed by atoms with van der Waals surface area (Å²) in [7, 11) is 0. The number of amides is 2. The molecule has 0 unspecified atom stereocenters. The lowest BCUT2D eigenvalue weighted by Gasteiger charge is -2.13. The van der Waals surface area contributed by atoms with Gasteiger partial charge < -0.3 is 4.74 Å². The number of anilines is 1. The van der Waals surface area contributed by atoms with Crippen molar-refractivity contribution in [2.45, 2.75) is 6.92 Å². The van der Waals surface area contributed by atoms with Crippen LogP contribution in [0.25, 0.3) is 0 Å². The quantitative estimate of drug-likeness (QED) is 0.818. The van der Waals surface area contributed by atoms with Crippen molar-refractivity contribution in [2.24, 2.45) is 0 Å². The molecule has 96 valence electrons. The monoisotopic (exact) mass is 250 g/mol. The highest BCUT2D eigenvalue weighted by Gasteiger charge is 2.23. The molecule has 1 fully saturated rings. The molecule has 6 heteroatoms. The normalized spacial score (nSPS) is 14.5. The third kappa shape index (κ3) is 2.60. The minimum atomic E-state index is -0.391. The fraction of sp³-hybridized carbons (Fsp3) is 0.333. The van der Waals surface area contributed by atoms with Gasteiger partial charge in [-0.3, -0.25) is 14.5 Å². The SMILES string of the molecule is CCONC(=O)c1cccc(N2CCOC2=O)c1. The van der Waals surface area contributed by atoms with Gasteiger partial charge >= 0.3 is 6.09 Å². The van der Waals surface area contributed by atoms with Crippen LogP contribution in [0.4, 0.5) is 10.5 Å². The summed E-state index contributed by atoms with van der Waals surface area (Å²) in [4.78, 5) is 29.4. The number of hydrogen-bond donors (Lipinski definition) is 1. The Kier molecular flexibility index (Phi) is 3.78. The number of carbonyl (C=O) groups is 2. The average molecular weight is 250 g/mol. The van der Waals surface area contributed by atoms with Crippen LogP contribution >= 0.6 is 0 Å². The van der Waals surface area contributed by atoms with E-state index in [1.165, 1.54) is 4.90 Å². The number of rotatable bonds is 4. The van der Waals surface area contributed by atoms with Crippen LogP contribution in [0.5, 0.6) is 0 Å². The molecule has 0 saturated carbocycles. The van der Waals surface area contributed by atoms with Crippen LogP contribution in [0, 0.1) is 0 Å². The number of ether oxygens (including phenoxy) is 1. The Morgan fingerprint density at radius 1 is 1.56 bits per heavy atom. The third-order valence-electron chi connectivity index (χ3n) is 2.49. The van der Waals surface area contributed by atoms with Crippen molar-refractivity contribution in [1.82, 2.24) is 5.48 Å². The summed E-state index contributed by atoms with van der Waals surface area (Å²) in [6, 6.07) is 6.74. The second-order valence-electron chi connectivity index (χ2n) is 3.68. The van der Waals surface area contributed by atoms with Crippen LogP contribution < -0.4 is 10.4 Å². The maximum atomic E-state index is 11.7. The summed E-state index contributed by atoms with van der Waals surface area (Å²) in [6.07, 6.45) is -0.391. The first-order valence-corrected chi connectivity index (χ1v) is 5.69. The van der Waals surface area contributed by atoms with E-state index in [2.05, 4.69) is 5.48 Å². The second kappa shape index (κ2) is 5.50. The molecule has 2 amide bonds. The summed E-state index contributed by atoms with van der Waals surface area (Å²) >= 11 is 0. The van der Waals surface area contributed by atoms with E-state index in [4.69, 9.17) is 9.57 Å². The zero-order chi connectivity index (χ0) is 13.0. The van der Waals surface area contributed by atoms with E-state index < -0.39 is 6.09 Å². The molecule has 2 rings (SSSR count). The van der Waals surface area contributed by atoms with Crippen molar-refractivity contribution >= 4 is 17.7 Å². The smallest absolute Gasteiger partial charge is 0.414 e. The lowest BCUT2D eigenvalue weighted by atomic mass is 10.2. The molecule has 0 spiro atoms. The Labute approximate surface area is 104 Å². The molecule has 0 aromatic heterocycles. The van der Waals surface area contributed by atoms with E-state index in [-0.39, 0.29) is 5.91 Å². The lowest BCUT2D eigenvalue weighted by molar-refractivity contribution is 0.0364. The summed E-state index contributed by atoms with van der Waals surface area (Å²) in [6.45, 7) is 3.03. The lowest BCUT2D eigenvalue weighted by Crippen LogP contribution is -2.26. The number of hydrogen-bond acceptors (Lipinski definition) is 4. The molecule has 0 bridgehead atoms. The van der Waals surface area contributed by atoms with Crippen LogP contribution in [0.1, 0.15) is 17.3 Å². The predicted molar refractivity (Wildman–Crippen MR) is 64.2 cm³/mol. The molecule has 0 radical (unpaired) electrons. The Morgan fingerprint density at radius 2 is 2.39 bits per heavy atom. The fourth-order valence-electron chi connectivity index (χ4n) is 1.64. The van der Waals surface area contributed by atoms with Gasteiger partial charge in [0, 0.05) is 11.3 Å². The second-order valence-corrected chi connectivity index (χ2v) is 3.68. The van der Waals surface area contributed by atoms with Gasteiger partial charge in [-0.1, -0.05) is 6.07 Å². The maximum absolute atomic E-state index is 11.7. The predicted octanol–water partition coefficient (Wildman–Crippen LogP) is 1.32. The Hall–Kier alpha value is -2.08. The van der Waals surface area contributed by atoms with Gasteiger partial charge in [-0.2, -0.15) is 0 Å². The van der Waals surface area contributed by atoms with Crippen molar-refractivity contribution in [3.05, 3.63) is 29.8 Å². The summed E-state index contributed by atoms with van der Waals surface area (Å²) < 4.78 is 4.85. The topological polar surface area (TPSA) is 67.9 Å². The van der Waals surface area contributed by atoms with Crippen LogP contribution in [0.2, 0.25) is 0 Å². The highest BCUT2D eigenvalue weighted by molar-refractivity contribution is 5.96. The maximum Gasteiger partial charge on any atom is 0.414 e. The Balaban J connectivity index is 2.14. The van der Waals surface area contributed by atoms with Gasteiger partial charge in [0.05, 0.1) is 13.2 Å². The standard InChI is InChI=1S/C12H14N2O4/c1-2-18-13-11(15)9-4-3-5-10(8-9)14-6-7-17-12(14)16/h3-5,8H,2,6-7H2,1H3,(H,13,15). The van der Waals surface area contributed by atoms with Crippen LogP contribution in [0.3, 0.4) is 0 Å². The molecule has 1 aliphatic rings. The first-order valence-electron chi connectivity index (χ1n) is 5.69. The first kappa shape index (κ1) is 12.4. The summed E-state index contributed by atoms with van der Waals surface area (Å²) in [5.41, 5.74) is 3.38. The van der Waals surface area contributed by atoms with Crippen LogP contribution in [-0.2, 0) is 9.57 Å². The molecule has 18 heavy (non-hydrogen) atoms. The van der Waals surface area contributed by atoms with E-state index >= 15 is 0 Å². The van der Waals surface area contributed by atoms with Crippen molar-refractivity contribution in [1.29, 1.82) is 0 Å². The first-order chi connectivity index (χ1) is 8.72. The molecular formula is C12H14N2O4. The molecule has 1 saturated heterocycles. The highest BCUT2D eigenvalue weighted by atomic mass is 16.6. The number of carbonyl (C=O) groups excluding carboxylic acids is 2. The van der Waals surface area contributed by atoms with Crippen molar-refractivity contribution in [3.63, 3.8) is 0 Å². The molecule has 1 aromatic carbocycles. The minimum absolute atomic E-state index is 0.341. The molecule has 6 nitrogen and oxygen atoms in total. The van der Waals surface area contributed by atoms with Crippen molar-refractivity contribution < 1.29 is 19.2 Å². The van der Waals surface area contributed by atoms with E-state index in [9.17, 15) is 9.59 Å². The number of nitrogens with zero attached hydrogens (tertiary/aromatic N) is 1. The van der Waals surface area contributed by atoms with Gasteiger partial charge in [0.2, 0.25) is 0 Å². The Bertz CT molecular complexity index is 461. The molecule has 1 N–H and O–H groups in total. The van der Waals surface area contributed by atoms with Crippen molar-refractivity contribution in [2.75, 3.05) is 24.7 Å². The largest absolute Gasteiger partial charge is 0.447 e. The molecule has 1 heterocycles. The minimum Gasteiger partial charge on any atom is -0.447 e. The highest BCUT2D eigenvalue weighted by Crippen LogP contribution is 2.19. The third-order valence-corrected chi connectivity index (χ3v) is 2.49. The molecule has 1 aliphatic heterocycles. The zero-order valence-corrected chi connectivity index (χ0v) is 10.0. The van der Waals surface area contributed by atoms with E-state index in [1.807, 2.05) is 0 Å². The fourth-order valence-corrected chi connectivity index (χ4v) is 1.64. The summed E-state index contributed by atoms with van der Waals surface area (Å²) in [5, 5.41) is 0. The molecular weight excluding hydrogens is 236 g/mol. The number of nitrogens with one attached hydrogen (secondary N) is 1. The number of benzene rings is 1. The Morgan fingerprint density at radius 3 is 3.06 bits per heavy atom. The van der Waals surface area contributed by atoms with E-state index in [1.54, 1.807) is 31.2 Å². The molecule has 0 aliphatic carbocycles. The number of hydroxylamine groups is 1. The number of cyclic esters (lactones) is 1. The van der Waals surface area contributed by atoms with Crippen LogP contribution in [0.15, 0.2) is 24.3 Å². The van der Waals surface area contributed by atoms with Gasteiger partial charge in [-0.25, -0.2) is 10.3 Å². The van der Waals surface area contributed by atoms with Gasteiger partial charge in [-0.05, 0) is 25.1 Å².